The fourth-order valence-corrected chi connectivity index (χ4v) is 1.84. The first kappa shape index (κ1) is 14.3. The minimum Gasteiger partial charge on any atom is -0.496 e. The lowest BCUT2D eigenvalue weighted by Gasteiger charge is -2.14. The van der Waals surface area contributed by atoms with Crippen LogP contribution in [0.2, 0.25) is 0 Å². The van der Waals surface area contributed by atoms with Gasteiger partial charge in [-0.15, -0.1) is 0 Å². The predicted molar refractivity (Wildman–Crippen MR) is 67.0 cm³/mol. The van der Waals surface area contributed by atoms with Crippen molar-refractivity contribution in [3.63, 3.8) is 0 Å². The van der Waals surface area contributed by atoms with Crippen molar-refractivity contribution >= 4 is 11.8 Å². The van der Waals surface area contributed by atoms with E-state index < -0.39 is 0 Å². The van der Waals surface area contributed by atoms with Gasteiger partial charge in [0.2, 0.25) is 0 Å². The van der Waals surface area contributed by atoms with Gasteiger partial charge in [-0.3, -0.25) is 0 Å². The summed E-state index contributed by atoms with van der Waals surface area (Å²) in [5, 5.41) is 18.5. The number of nitrogens with zero attached hydrogens (tertiary/aromatic N) is 1. The summed E-state index contributed by atoms with van der Waals surface area (Å²) in [6.45, 7) is 0.477. The smallest absolute Gasteiger partial charge is 0.129 e. The lowest BCUT2D eigenvalue weighted by molar-refractivity contribution is 0.260. The maximum Gasteiger partial charge on any atom is 0.129 e. The van der Waals surface area contributed by atoms with Gasteiger partial charge in [0.15, 0.2) is 0 Å². The van der Waals surface area contributed by atoms with E-state index in [0.717, 1.165) is 12.0 Å². The van der Waals surface area contributed by atoms with Crippen molar-refractivity contribution in [1.29, 1.82) is 0 Å². The van der Waals surface area contributed by atoms with Gasteiger partial charge in [0.05, 0.1) is 20.3 Å². The Labute approximate surface area is 106 Å². The third-order valence-electron chi connectivity index (χ3n) is 2.56. The van der Waals surface area contributed by atoms with Crippen LogP contribution in [0.4, 0.5) is 0 Å². The molecule has 96 valence electrons. The van der Waals surface area contributed by atoms with Crippen LogP contribution in [0.15, 0.2) is 12.1 Å². The van der Waals surface area contributed by atoms with Crippen LogP contribution in [0.3, 0.4) is 0 Å². The highest BCUT2D eigenvalue weighted by Gasteiger charge is 2.10. The molecule has 0 saturated heterocycles. The number of methoxy groups -OCH3 is 1. The van der Waals surface area contributed by atoms with Gasteiger partial charge >= 0.3 is 0 Å². The van der Waals surface area contributed by atoms with Crippen LogP contribution in [0.25, 0.3) is 0 Å². The molecule has 4 nitrogen and oxygen atoms in total. The Balaban J connectivity index is 3.00. The number of rotatable bonds is 6. The standard InChI is InChI=1S/C12H18ClNO3/c1-14(13)4-3-9-5-10(7-15)12(17-2)11(6-9)8-16/h5-6,15-16H,3-4,7-8H2,1-2H3. The van der Waals surface area contributed by atoms with Crippen molar-refractivity contribution in [2.75, 3.05) is 20.7 Å². The Morgan fingerprint density at radius 2 is 1.76 bits per heavy atom. The molecule has 1 rings (SSSR count). The summed E-state index contributed by atoms with van der Waals surface area (Å²) >= 11 is 5.74. The highest BCUT2D eigenvalue weighted by Crippen LogP contribution is 2.26. The molecule has 0 aliphatic heterocycles. The maximum atomic E-state index is 9.27. The Bertz CT molecular complexity index is 344. The molecule has 2 N–H and O–H groups in total. The lowest BCUT2D eigenvalue weighted by atomic mass is 10.0. The Kier molecular flexibility index (Phi) is 5.71. The third-order valence-corrected chi connectivity index (χ3v) is 2.72. The van der Waals surface area contributed by atoms with Gasteiger partial charge in [-0.1, -0.05) is 0 Å². The molecule has 0 heterocycles. The van der Waals surface area contributed by atoms with Crippen molar-refractivity contribution in [2.45, 2.75) is 19.6 Å². The summed E-state index contributed by atoms with van der Waals surface area (Å²) in [5.74, 6) is 0.554. The second kappa shape index (κ2) is 6.81. The van der Waals surface area contributed by atoms with Crippen LogP contribution < -0.4 is 4.74 Å². The fraction of sp³-hybridized carbons (Fsp3) is 0.500. The summed E-state index contributed by atoms with van der Waals surface area (Å²) in [4.78, 5) is 0. The molecule has 0 saturated carbocycles. The van der Waals surface area contributed by atoms with Crippen molar-refractivity contribution in [3.8, 4) is 5.75 Å². The zero-order valence-corrected chi connectivity index (χ0v) is 10.9. The first-order valence-corrected chi connectivity index (χ1v) is 5.73. The van der Waals surface area contributed by atoms with Gasteiger partial charge in [-0.05, 0) is 35.9 Å². The van der Waals surface area contributed by atoms with Crippen molar-refractivity contribution < 1.29 is 14.9 Å². The molecule has 0 atom stereocenters. The van der Waals surface area contributed by atoms with E-state index >= 15 is 0 Å². The summed E-state index contributed by atoms with van der Waals surface area (Å²) in [5.41, 5.74) is 2.39. The van der Waals surface area contributed by atoms with Crippen LogP contribution in [-0.4, -0.2) is 35.3 Å². The van der Waals surface area contributed by atoms with Crippen molar-refractivity contribution in [2.24, 2.45) is 0 Å². The molecular formula is C12H18ClNO3. The molecule has 0 fully saturated rings. The predicted octanol–water partition coefficient (Wildman–Crippen LogP) is 1.31. The molecule has 0 amide bonds. The van der Waals surface area contributed by atoms with Gasteiger partial charge < -0.3 is 14.9 Å². The van der Waals surface area contributed by atoms with E-state index in [4.69, 9.17) is 16.5 Å². The van der Waals surface area contributed by atoms with Crippen LogP contribution in [0.1, 0.15) is 16.7 Å². The van der Waals surface area contributed by atoms with Gasteiger partial charge in [0, 0.05) is 24.7 Å². The number of hydrogen-bond donors (Lipinski definition) is 2. The van der Waals surface area contributed by atoms with E-state index in [-0.39, 0.29) is 13.2 Å². The average molecular weight is 260 g/mol. The van der Waals surface area contributed by atoms with Gasteiger partial charge in [0.1, 0.15) is 5.75 Å². The van der Waals surface area contributed by atoms with Crippen molar-refractivity contribution in [1.82, 2.24) is 4.42 Å². The monoisotopic (exact) mass is 259 g/mol. The van der Waals surface area contributed by atoms with Crippen LogP contribution in [0, 0.1) is 0 Å². The molecule has 0 bridgehead atoms. The first-order valence-electron chi connectivity index (χ1n) is 5.39. The number of hydrogen-bond acceptors (Lipinski definition) is 4. The summed E-state index contributed by atoms with van der Waals surface area (Å²) in [6.07, 6.45) is 0.754. The van der Waals surface area contributed by atoms with Crippen molar-refractivity contribution in [3.05, 3.63) is 28.8 Å². The fourth-order valence-electron chi connectivity index (χ4n) is 1.75. The second-order valence-corrected chi connectivity index (χ2v) is 4.42. The quantitative estimate of drug-likeness (QED) is 0.757. The summed E-state index contributed by atoms with van der Waals surface area (Å²) < 4.78 is 6.75. The molecule has 0 spiro atoms. The lowest BCUT2D eigenvalue weighted by Crippen LogP contribution is -2.10. The van der Waals surface area contributed by atoms with Crippen LogP contribution >= 0.6 is 11.8 Å². The number of ether oxygens (including phenoxy) is 1. The number of aliphatic hydroxyl groups is 2. The van der Waals surface area contributed by atoms with E-state index in [1.165, 1.54) is 7.11 Å². The maximum absolute atomic E-state index is 9.27. The van der Waals surface area contributed by atoms with E-state index in [0.29, 0.717) is 23.4 Å². The Morgan fingerprint density at radius 3 is 2.12 bits per heavy atom. The zero-order valence-electron chi connectivity index (χ0n) is 10.1. The van der Waals surface area contributed by atoms with E-state index in [2.05, 4.69) is 0 Å². The highest BCUT2D eigenvalue weighted by atomic mass is 35.5. The number of benzene rings is 1. The van der Waals surface area contributed by atoms with Crippen LogP contribution in [0.5, 0.6) is 5.75 Å². The molecule has 0 radical (unpaired) electrons. The van der Waals surface area contributed by atoms with Gasteiger partial charge in [0.25, 0.3) is 0 Å². The highest BCUT2D eigenvalue weighted by molar-refractivity contribution is 6.13. The molecular weight excluding hydrogens is 242 g/mol. The minimum absolute atomic E-state index is 0.110. The molecule has 17 heavy (non-hydrogen) atoms. The number of likely N-dealkylation sites (N-methyl/N-ethyl adjacent to an activating group) is 1. The summed E-state index contributed by atoms with van der Waals surface area (Å²) in [6, 6.07) is 3.75. The van der Waals surface area contributed by atoms with Gasteiger partial charge in [-0.2, -0.15) is 0 Å². The minimum atomic E-state index is -0.110. The van der Waals surface area contributed by atoms with E-state index in [9.17, 15) is 10.2 Å². The number of aliphatic hydroxyl groups excluding tert-OH is 2. The van der Waals surface area contributed by atoms with Crippen LogP contribution in [-0.2, 0) is 19.6 Å². The number of halogens is 1. The molecule has 0 unspecified atom stereocenters. The van der Waals surface area contributed by atoms with Gasteiger partial charge in [-0.25, -0.2) is 4.42 Å². The Hall–Kier alpha value is -0.810. The molecule has 0 aliphatic carbocycles. The molecule has 1 aromatic carbocycles. The van der Waals surface area contributed by atoms with E-state index in [1.54, 1.807) is 11.5 Å². The largest absolute Gasteiger partial charge is 0.496 e. The molecule has 5 heteroatoms. The molecule has 0 aliphatic rings. The summed E-state index contributed by atoms with van der Waals surface area (Å²) in [7, 11) is 3.31. The SMILES string of the molecule is COc1c(CO)cc(CCN(C)Cl)cc1CO. The molecule has 0 aromatic heterocycles. The topological polar surface area (TPSA) is 52.9 Å². The zero-order chi connectivity index (χ0) is 12.8. The van der Waals surface area contributed by atoms with E-state index in [1.807, 2.05) is 12.1 Å². The molecule has 1 aromatic rings. The third kappa shape index (κ3) is 3.85. The Morgan fingerprint density at radius 1 is 1.24 bits per heavy atom. The normalized spacial score (nSPS) is 10.9. The second-order valence-electron chi connectivity index (χ2n) is 3.84. The average Bonchev–Trinajstić information content (AvgIpc) is 2.34. The first-order chi connectivity index (χ1) is 8.12.